The molecule has 3 heteroatoms. The van der Waals surface area contributed by atoms with E-state index in [1.165, 1.54) is 25.7 Å². The molecule has 2 rings (SSSR count). The first-order valence-electron chi connectivity index (χ1n) is 3.70. The number of rotatable bonds is 0. The summed E-state index contributed by atoms with van der Waals surface area (Å²) in [5, 5.41) is 0. The molecule has 68 valence electrons. The van der Waals surface area contributed by atoms with Crippen LogP contribution in [0, 0.1) is 0 Å². The zero-order chi connectivity index (χ0) is 6.10. The monoisotopic (exact) mass is 369 g/mol. The molecule has 12 heavy (non-hydrogen) atoms. The number of aryl methyl sites for hydroxylation is 2. The molecule has 0 aliphatic heterocycles. The summed E-state index contributed by atoms with van der Waals surface area (Å²) in [6.45, 7) is 0. The van der Waals surface area contributed by atoms with Gasteiger partial charge < -0.3 is 0 Å². The first kappa shape index (κ1) is 15.7. The van der Waals surface area contributed by atoms with Gasteiger partial charge in [0.1, 0.15) is 0 Å². The molecule has 1 aromatic carbocycles. The summed E-state index contributed by atoms with van der Waals surface area (Å²) in [5.74, 6) is 0. The van der Waals surface area contributed by atoms with Gasteiger partial charge in [0.05, 0.1) is 0 Å². The molecule has 1 aromatic rings. The zero-order valence-electron chi connectivity index (χ0n) is 6.88. The van der Waals surface area contributed by atoms with E-state index in [-0.39, 0.29) is 60.2 Å². The number of hydrogen-bond acceptors (Lipinski definition) is 0. The van der Waals surface area contributed by atoms with Crippen LogP contribution in [0.1, 0.15) is 24.0 Å². The summed E-state index contributed by atoms with van der Waals surface area (Å²) in [6.07, 6.45) is 5.44. The van der Waals surface area contributed by atoms with Crippen molar-refractivity contribution < 1.29 is 26.2 Å². The summed E-state index contributed by atoms with van der Waals surface area (Å²) in [5.41, 5.74) is 3.20. The molecule has 0 radical (unpaired) electrons. The van der Waals surface area contributed by atoms with Gasteiger partial charge in [-0.1, -0.05) is 25.7 Å². The minimum atomic E-state index is 0. The van der Waals surface area contributed by atoms with Crippen molar-refractivity contribution >= 4 is 34.0 Å². The van der Waals surface area contributed by atoms with Crippen LogP contribution < -0.4 is 0 Å². The minimum Gasteiger partial charge on any atom is -0.210 e. The third-order valence-corrected chi connectivity index (χ3v) is 2.15. The third kappa shape index (κ3) is 3.51. The number of fused-ring (bicyclic) bond motifs is 1. The predicted molar refractivity (Wildman–Crippen MR) is 59.3 cm³/mol. The van der Waals surface area contributed by atoms with Crippen molar-refractivity contribution in [3.63, 3.8) is 0 Å². The fourth-order valence-corrected chi connectivity index (χ4v) is 1.61. The van der Waals surface area contributed by atoms with E-state index in [0.717, 1.165) is 0 Å². The van der Waals surface area contributed by atoms with Gasteiger partial charge in [-0.25, -0.2) is 6.07 Å². The molecule has 0 bridgehead atoms. The number of halogens is 2. The van der Waals surface area contributed by atoms with Crippen LogP contribution in [0.5, 0.6) is 0 Å². The average molecular weight is 372 g/mol. The van der Waals surface area contributed by atoms with E-state index < -0.39 is 0 Å². The second-order valence-electron chi connectivity index (χ2n) is 2.78. The largest absolute Gasteiger partial charge is 0.210 e. The molecule has 0 N–H and O–H groups in total. The number of hydrogen-bond donors (Lipinski definition) is 0. The van der Waals surface area contributed by atoms with Crippen molar-refractivity contribution in [2.75, 3.05) is 0 Å². The van der Waals surface area contributed by atoms with Crippen LogP contribution in [0.3, 0.4) is 0 Å². The molecule has 0 amide bonds. The second-order valence-corrected chi connectivity index (χ2v) is 2.78. The van der Waals surface area contributed by atoms with Crippen LogP contribution >= 0.6 is 34.0 Å². The maximum absolute atomic E-state index is 2.26. The molecule has 0 aromatic heterocycles. The first-order chi connectivity index (χ1) is 4.47. The molecule has 0 heterocycles. The van der Waals surface area contributed by atoms with Gasteiger partial charge in [0, 0.05) is 26.2 Å². The van der Waals surface area contributed by atoms with Crippen molar-refractivity contribution in [1.29, 1.82) is 0 Å². The smallest absolute Gasteiger partial charge is 0 e. The second kappa shape index (κ2) is 7.58. The molecule has 0 saturated carbocycles. The molecule has 0 spiro atoms. The third-order valence-electron chi connectivity index (χ3n) is 2.15. The van der Waals surface area contributed by atoms with E-state index in [2.05, 4.69) is 18.2 Å². The minimum absolute atomic E-state index is 0. The van der Waals surface area contributed by atoms with Crippen LogP contribution in [-0.2, 0) is 39.0 Å². The van der Waals surface area contributed by atoms with Crippen LogP contribution in [0.15, 0.2) is 18.2 Å². The van der Waals surface area contributed by atoms with Gasteiger partial charge in [-0.15, -0.1) is 34.0 Å². The topological polar surface area (TPSA) is 0 Å². The maximum Gasteiger partial charge on any atom is 0 e. The van der Waals surface area contributed by atoms with E-state index in [9.17, 15) is 0 Å². The summed E-state index contributed by atoms with van der Waals surface area (Å²) in [4.78, 5) is 0. The Hall–Kier alpha value is 1.19. The molecular weight excluding hydrogens is 359 g/mol. The Morgan fingerprint density at radius 2 is 1.75 bits per heavy atom. The SMILES string of the molecule is Br.Br.[Zr].c1cc2c([cH-]1)CCCC2. The van der Waals surface area contributed by atoms with Crippen molar-refractivity contribution in [1.82, 2.24) is 0 Å². The van der Waals surface area contributed by atoms with E-state index >= 15 is 0 Å². The molecule has 1 aliphatic carbocycles. The normalized spacial score (nSPS) is 13.0. The Bertz CT molecular complexity index is 188. The standard InChI is InChI=1S/C9H11.2BrH.Zr/c1-2-5-9-7-3-6-8(9)4-1;;;/h3,6-7H,1-2,4-5H2;2*1H;/q-1;;;. The van der Waals surface area contributed by atoms with Crippen molar-refractivity contribution in [3.05, 3.63) is 29.3 Å². The average Bonchev–Trinajstić information content (AvgIpc) is 2.33. The summed E-state index contributed by atoms with van der Waals surface area (Å²) in [6, 6.07) is 6.69. The van der Waals surface area contributed by atoms with Gasteiger partial charge in [-0.3, -0.25) is 0 Å². The van der Waals surface area contributed by atoms with Crippen LogP contribution in [0.2, 0.25) is 0 Å². The van der Waals surface area contributed by atoms with Gasteiger partial charge in [0.25, 0.3) is 0 Å². The van der Waals surface area contributed by atoms with Crippen molar-refractivity contribution in [2.45, 2.75) is 25.7 Å². The predicted octanol–water partition coefficient (Wildman–Crippen LogP) is 3.44. The van der Waals surface area contributed by atoms with Crippen molar-refractivity contribution in [3.8, 4) is 0 Å². The molecule has 0 fully saturated rings. The van der Waals surface area contributed by atoms with Crippen LogP contribution in [-0.4, -0.2) is 0 Å². The Morgan fingerprint density at radius 1 is 1.08 bits per heavy atom. The van der Waals surface area contributed by atoms with E-state index in [1.54, 1.807) is 11.1 Å². The zero-order valence-corrected chi connectivity index (χ0v) is 12.8. The Kier molecular flexibility index (Phi) is 9.89. The molecular formula is C9H13Br2Zr-. The molecule has 0 unspecified atom stereocenters. The fraction of sp³-hybridized carbons (Fsp3) is 0.444. The molecule has 1 aliphatic rings. The Labute approximate surface area is 114 Å². The van der Waals surface area contributed by atoms with Crippen LogP contribution in [0.25, 0.3) is 0 Å². The van der Waals surface area contributed by atoms with E-state index in [4.69, 9.17) is 0 Å². The molecule has 0 saturated heterocycles. The fourth-order valence-electron chi connectivity index (χ4n) is 1.61. The van der Waals surface area contributed by atoms with Gasteiger partial charge in [-0.05, 0) is 0 Å². The molecule has 0 nitrogen and oxygen atoms in total. The quantitative estimate of drug-likeness (QED) is 0.613. The van der Waals surface area contributed by atoms with E-state index in [1.807, 2.05) is 0 Å². The van der Waals surface area contributed by atoms with Crippen molar-refractivity contribution in [2.24, 2.45) is 0 Å². The molecule has 0 atom stereocenters. The van der Waals surface area contributed by atoms with Gasteiger partial charge in [0.2, 0.25) is 0 Å². The summed E-state index contributed by atoms with van der Waals surface area (Å²) < 4.78 is 0. The van der Waals surface area contributed by atoms with Crippen LogP contribution in [0.4, 0.5) is 0 Å². The van der Waals surface area contributed by atoms with Gasteiger partial charge in [-0.2, -0.15) is 23.3 Å². The summed E-state index contributed by atoms with van der Waals surface area (Å²) >= 11 is 0. The Morgan fingerprint density at radius 3 is 2.42 bits per heavy atom. The maximum atomic E-state index is 2.26. The van der Waals surface area contributed by atoms with E-state index in [0.29, 0.717) is 0 Å². The summed E-state index contributed by atoms with van der Waals surface area (Å²) in [7, 11) is 0. The first-order valence-corrected chi connectivity index (χ1v) is 3.70. The Balaban J connectivity index is 0. The van der Waals surface area contributed by atoms with Gasteiger partial charge >= 0.3 is 0 Å². The van der Waals surface area contributed by atoms with Gasteiger partial charge in [0.15, 0.2) is 0 Å².